The van der Waals surface area contributed by atoms with Crippen LogP contribution in [0.3, 0.4) is 0 Å². The molecule has 0 saturated heterocycles. The second-order valence-electron chi connectivity index (χ2n) is 2.70. The van der Waals surface area contributed by atoms with Crippen molar-refractivity contribution < 1.29 is 4.74 Å². The molecule has 72 valence electrons. The van der Waals surface area contributed by atoms with Gasteiger partial charge in [0.25, 0.3) is 0 Å². The van der Waals surface area contributed by atoms with E-state index in [1.54, 1.807) is 25.7 Å². The summed E-state index contributed by atoms with van der Waals surface area (Å²) in [4.78, 5) is 8.22. The summed E-state index contributed by atoms with van der Waals surface area (Å²) in [7, 11) is 1.68. The van der Waals surface area contributed by atoms with E-state index in [1.165, 1.54) is 0 Å². The molecule has 0 bridgehead atoms. The molecule has 0 aliphatic rings. The highest BCUT2D eigenvalue weighted by Gasteiger charge is 2.10. The van der Waals surface area contributed by atoms with Gasteiger partial charge in [-0.05, 0) is 6.54 Å². The monoisotopic (exact) mass is 181 g/mol. The number of methoxy groups -OCH3 is 1. The minimum Gasteiger partial charge on any atom is -0.383 e. The molecule has 0 fully saturated rings. The van der Waals surface area contributed by atoms with Gasteiger partial charge in [0.2, 0.25) is 0 Å². The highest BCUT2D eigenvalue weighted by atomic mass is 16.5. The lowest BCUT2D eigenvalue weighted by Crippen LogP contribution is -2.25. The van der Waals surface area contributed by atoms with Crippen molar-refractivity contribution in [1.29, 1.82) is 0 Å². The Morgan fingerprint density at radius 2 is 2.38 bits per heavy atom. The van der Waals surface area contributed by atoms with Crippen molar-refractivity contribution in [2.24, 2.45) is 0 Å². The molecule has 1 aromatic rings. The van der Waals surface area contributed by atoms with Crippen LogP contribution in [0.5, 0.6) is 0 Å². The van der Waals surface area contributed by atoms with Crippen LogP contribution >= 0.6 is 0 Å². The van der Waals surface area contributed by atoms with Crippen molar-refractivity contribution in [2.45, 2.75) is 13.0 Å². The Morgan fingerprint density at radius 1 is 1.54 bits per heavy atom. The molecule has 0 radical (unpaired) electrons. The summed E-state index contributed by atoms with van der Waals surface area (Å²) in [5.74, 6) is 0. The van der Waals surface area contributed by atoms with Crippen molar-refractivity contribution in [1.82, 2.24) is 15.3 Å². The van der Waals surface area contributed by atoms with Gasteiger partial charge in [-0.3, -0.25) is 9.97 Å². The van der Waals surface area contributed by atoms with E-state index in [0.717, 1.165) is 12.2 Å². The van der Waals surface area contributed by atoms with Crippen LogP contribution in [-0.4, -0.2) is 30.2 Å². The topological polar surface area (TPSA) is 47.0 Å². The molecule has 0 aliphatic carbocycles. The molecule has 0 aliphatic heterocycles. The Kier molecular flexibility index (Phi) is 4.35. The van der Waals surface area contributed by atoms with Gasteiger partial charge in [-0.15, -0.1) is 0 Å². The number of aromatic nitrogens is 2. The van der Waals surface area contributed by atoms with Crippen LogP contribution in [0.25, 0.3) is 0 Å². The molecule has 0 saturated carbocycles. The normalized spacial score (nSPS) is 12.8. The predicted octanol–water partition coefficient (Wildman–Crippen LogP) is 0.774. The molecule has 0 spiro atoms. The van der Waals surface area contributed by atoms with E-state index in [2.05, 4.69) is 22.2 Å². The fraction of sp³-hybridized carbons (Fsp3) is 0.556. The molecule has 1 aromatic heterocycles. The second-order valence-corrected chi connectivity index (χ2v) is 2.70. The zero-order valence-electron chi connectivity index (χ0n) is 8.03. The van der Waals surface area contributed by atoms with E-state index < -0.39 is 0 Å². The zero-order valence-corrected chi connectivity index (χ0v) is 8.03. The van der Waals surface area contributed by atoms with Crippen molar-refractivity contribution >= 4 is 0 Å². The van der Waals surface area contributed by atoms with E-state index >= 15 is 0 Å². The lowest BCUT2D eigenvalue weighted by molar-refractivity contribution is 0.166. The highest BCUT2D eigenvalue weighted by molar-refractivity contribution is 5.01. The first-order valence-electron chi connectivity index (χ1n) is 4.36. The maximum atomic E-state index is 5.08. The average Bonchev–Trinajstić information content (AvgIpc) is 2.19. The first kappa shape index (κ1) is 10.1. The van der Waals surface area contributed by atoms with Crippen LogP contribution in [-0.2, 0) is 4.74 Å². The Labute approximate surface area is 78.4 Å². The molecular weight excluding hydrogens is 166 g/mol. The van der Waals surface area contributed by atoms with Gasteiger partial charge in [0.1, 0.15) is 0 Å². The van der Waals surface area contributed by atoms with Crippen molar-refractivity contribution in [3.63, 3.8) is 0 Å². The number of likely N-dealkylation sites (N-methyl/N-ethyl adjacent to an activating group) is 1. The Hall–Kier alpha value is -1.00. The highest BCUT2D eigenvalue weighted by Crippen LogP contribution is 2.07. The van der Waals surface area contributed by atoms with Gasteiger partial charge >= 0.3 is 0 Å². The second kappa shape index (κ2) is 5.61. The minimum absolute atomic E-state index is 0.142. The lowest BCUT2D eigenvalue weighted by atomic mass is 10.2. The molecule has 4 heteroatoms. The fourth-order valence-corrected chi connectivity index (χ4v) is 1.15. The van der Waals surface area contributed by atoms with Crippen molar-refractivity contribution in [2.75, 3.05) is 20.3 Å². The van der Waals surface area contributed by atoms with Crippen molar-refractivity contribution in [3.8, 4) is 0 Å². The molecule has 0 aromatic carbocycles. The fourth-order valence-electron chi connectivity index (χ4n) is 1.15. The predicted molar refractivity (Wildman–Crippen MR) is 50.3 cm³/mol. The number of hydrogen-bond donors (Lipinski definition) is 1. The maximum Gasteiger partial charge on any atom is 0.0779 e. The quantitative estimate of drug-likeness (QED) is 0.729. The van der Waals surface area contributed by atoms with Crippen LogP contribution in [0.15, 0.2) is 18.6 Å². The van der Waals surface area contributed by atoms with E-state index in [-0.39, 0.29) is 6.04 Å². The number of ether oxygens (including phenoxy) is 1. The minimum atomic E-state index is 0.142. The van der Waals surface area contributed by atoms with Gasteiger partial charge in [-0.2, -0.15) is 0 Å². The summed E-state index contributed by atoms with van der Waals surface area (Å²) in [6.45, 7) is 3.57. The van der Waals surface area contributed by atoms with Gasteiger partial charge in [0.15, 0.2) is 0 Å². The Morgan fingerprint density at radius 3 is 2.92 bits per heavy atom. The van der Waals surface area contributed by atoms with Crippen molar-refractivity contribution in [3.05, 3.63) is 24.3 Å². The SMILES string of the molecule is CCNC(COC)c1cnccn1. The van der Waals surface area contributed by atoms with Gasteiger partial charge in [0.05, 0.1) is 24.5 Å². The number of rotatable bonds is 5. The molecule has 1 unspecified atom stereocenters. The third-order valence-electron chi connectivity index (χ3n) is 1.72. The molecule has 13 heavy (non-hydrogen) atoms. The number of hydrogen-bond acceptors (Lipinski definition) is 4. The van der Waals surface area contributed by atoms with Crippen LogP contribution in [0.1, 0.15) is 18.7 Å². The summed E-state index contributed by atoms with van der Waals surface area (Å²) in [5, 5.41) is 3.27. The van der Waals surface area contributed by atoms with Gasteiger partial charge < -0.3 is 10.1 Å². The summed E-state index contributed by atoms with van der Waals surface area (Å²) in [6, 6.07) is 0.142. The Bertz CT molecular complexity index is 222. The molecule has 1 N–H and O–H groups in total. The van der Waals surface area contributed by atoms with Gasteiger partial charge in [-0.1, -0.05) is 6.92 Å². The molecular formula is C9H15N3O. The number of nitrogens with zero attached hydrogens (tertiary/aromatic N) is 2. The van der Waals surface area contributed by atoms with Crippen LogP contribution in [0.2, 0.25) is 0 Å². The lowest BCUT2D eigenvalue weighted by Gasteiger charge is -2.15. The average molecular weight is 181 g/mol. The largest absolute Gasteiger partial charge is 0.383 e. The van der Waals surface area contributed by atoms with E-state index in [1.807, 2.05) is 0 Å². The van der Waals surface area contributed by atoms with Gasteiger partial charge in [-0.25, -0.2) is 0 Å². The zero-order chi connectivity index (χ0) is 9.52. The van der Waals surface area contributed by atoms with Crippen LogP contribution in [0.4, 0.5) is 0 Å². The summed E-state index contributed by atoms with van der Waals surface area (Å²) >= 11 is 0. The first-order chi connectivity index (χ1) is 6.38. The van der Waals surface area contributed by atoms with E-state index in [4.69, 9.17) is 4.74 Å². The first-order valence-corrected chi connectivity index (χ1v) is 4.36. The van der Waals surface area contributed by atoms with Crippen LogP contribution < -0.4 is 5.32 Å². The summed E-state index contributed by atoms with van der Waals surface area (Å²) < 4.78 is 5.08. The molecule has 1 rings (SSSR count). The van der Waals surface area contributed by atoms with Crippen LogP contribution in [0, 0.1) is 0 Å². The standard InChI is InChI=1S/C9H15N3O/c1-3-11-9(7-13-2)8-6-10-4-5-12-8/h4-6,9,11H,3,7H2,1-2H3. The van der Waals surface area contributed by atoms with Gasteiger partial charge in [0, 0.05) is 19.5 Å². The molecule has 1 heterocycles. The van der Waals surface area contributed by atoms with E-state index in [9.17, 15) is 0 Å². The molecule has 1 atom stereocenters. The third-order valence-corrected chi connectivity index (χ3v) is 1.72. The molecule has 4 nitrogen and oxygen atoms in total. The number of nitrogens with one attached hydrogen (secondary N) is 1. The third kappa shape index (κ3) is 3.08. The maximum absolute atomic E-state index is 5.08. The smallest absolute Gasteiger partial charge is 0.0779 e. The Balaban J connectivity index is 2.64. The summed E-state index contributed by atoms with van der Waals surface area (Å²) in [6.07, 6.45) is 5.11. The van der Waals surface area contributed by atoms with E-state index in [0.29, 0.717) is 6.61 Å². The molecule has 0 amide bonds. The summed E-state index contributed by atoms with van der Waals surface area (Å²) in [5.41, 5.74) is 0.922.